The van der Waals surface area contributed by atoms with Crippen LogP contribution in [-0.4, -0.2) is 20.6 Å². The van der Waals surface area contributed by atoms with Crippen molar-refractivity contribution in [3.05, 3.63) is 37.1 Å². The van der Waals surface area contributed by atoms with Crippen molar-refractivity contribution in [2.24, 2.45) is 5.92 Å². The van der Waals surface area contributed by atoms with Gasteiger partial charge in [-0.25, -0.2) is 9.97 Å². The first-order chi connectivity index (χ1) is 10.3. The van der Waals surface area contributed by atoms with Crippen LogP contribution in [0.1, 0.15) is 45.4 Å². The molecule has 1 saturated carbocycles. The molecule has 0 saturated heterocycles. The van der Waals surface area contributed by atoms with Crippen molar-refractivity contribution in [1.82, 2.24) is 14.5 Å². The molecule has 2 unspecified atom stereocenters. The molecule has 0 spiro atoms. The van der Waals surface area contributed by atoms with Crippen molar-refractivity contribution in [3.63, 3.8) is 0 Å². The Kier molecular flexibility index (Phi) is 4.53. The molecule has 2 aromatic rings. The molecule has 1 N–H and O–H groups in total. The van der Waals surface area contributed by atoms with Crippen molar-refractivity contribution in [3.8, 4) is 5.82 Å². The van der Waals surface area contributed by atoms with Gasteiger partial charge in [0.05, 0.1) is 11.9 Å². The molecule has 1 fully saturated rings. The third-order valence-corrected chi connectivity index (χ3v) is 4.55. The molecule has 1 aliphatic carbocycles. The summed E-state index contributed by atoms with van der Waals surface area (Å²) in [5.74, 6) is 1.84. The summed E-state index contributed by atoms with van der Waals surface area (Å²) < 4.78 is 1.92. The molecule has 4 nitrogen and oxygen atoms in total. The van der Waals surface area contributed by atoms with Crippen LogP contribution in [0.15, 0.2) is 37.1 Å². The van der Waals surface area contributed by atoms with Crippen molar-refractivity contribution in [2.45, 2.75) is 51.5 Å². The van der Waals surface area contributed by atoms with Crippen LogP contribution in [0.25, 0.3) is 5.82 Å². The lowest BCUT2D eigenvalue weighted by atomic mass is 9.98. The first-order valence-corrected chi connectivity index (χ1v) is 8.06. The van der Waals surface area contributed by atoms with E-state index in [2.05, 4.69) is 28.3 Å². The van der Waals surface area contributed by atoms with Crippen molar-refractivity contribution in [1.29, 1.82) is 0 Å². The normalized spacial score (nSPS) is 22.7. The van der Waals surface area contributed by atoms with E-state index in [1.807, 2.05) is 23.0 Å². The zero-order valence-electron chi connectivity index (χ0n) is 12.7. The number of imidazole rings is 1. The van der Waals surface area contributed by atoms with Crippen molar-refractivity contribution in [2.75, 3.05) is 5.32 Å². The summed E-state index contributed by atoms with van der Waals surface area (Å²) in [6, 6.07) is 4.75. The van der Waals surface area contributed by atoms with Crippen LogP contribution in [0.5, 0.6) is 0 Å². The molecule has 2 aromatic heterocycles. The van der Waals surface area contributed by atoms with E-state index in [0.29, 0.717) is 6.04 Å². The predicted molar refractivity (Wildman–Crippen MR) is 85.6 cm³/mol. The summed E-state index contributed by atoms with van der Waals surface area (Å²) in [6.45, 7) is 2.32. The second-order valence-electron chi connectivity index (χ2n) is 6.00. The Labute approximate surface area is 126 Å². The third kappa shape index (κ3) is 3.63. The van der Waals surface area contributed by atoms with E-state index in [1.54, 1.807) is 12.5 Å². The summed E-state index contributed by atoms with van der Waals surface area (Å²) in [4.78, 5) is 8.55. The standard InChI is InChI=1S/C17H24N4/c1-2-14-4-3-5-15(7-6-14)20-16-8-9-17(19-12-16)21-11-10-18-13-21/h8-15,20H,2-7H2,1H3. The fourth-order valence-corrected chi connectivity index (χ4v) is 3.19. The van der Waals surface area contributed by atoms with Crippen LogP contribution < -0.4 is 5.32 Å². The van der Waals surface area contributed by atoms with Gasteiger partial charge in [0.25, 0.3) is 0 Å². The minimum atomic E-state index is 0.599. The number of anilines is 1. The Balaban J connectivity index is 1.60. The van der Waals surface area contributed by atoms with Crippen molar-refractivity contribution >= 4 is 5.69 Å². The molecule has 4 heteroatoms. The van der Waals surface area contributed by atoms with Gasteiger partial charge in [-0.2, -0.15) is 0 Å². The Morgan fingerprint density at radius 3 is 2.90 bits per heavy atom. The van der Waals surface area contributed by atoms with E-state index >= 15 is 0 Å². The topological polar surface area (TPSA) is 42.7 Å². The van der Waals surface area contributed by atoms with Gasteiger partial charge in [-0.15, -0.1) is 0 Å². The average Bonchev–Trinajstić information content (AvgIpc) is 2.96. The second-order valence-corrected chi connectivity index (χ2v) is 6.00. The number of hydrogen-bond acceptors (Lipinski definition) is 3. The maximum atomic E-state index is 4.50. The molecule has 2 heterocycles. The summed E-state index contributed by atoms with van der Waals surface area (Å²) in [5, 5.41) is 3.65. The quantitative estimate of drug-likeness (QED) is 0.862. The average molecular weight is 284 g/mol. The van der Waals surface area contributed by atoms with Gasteiger partial charge < -0.3 is 5.32 Å². The lowest BCUT2D eigenvalue weighted by molar-refractivity contribution is 0.444. The van der Waals surface area contributed by atoms with E-state index in [0.717, 1.165) is 17.4 Å². The highest BCUT2D eigenvalue weighted by atomic mass is 15.1. The largest absolute Gasteiger partial charge is 0.381 e. The monoisotopic (exact) mass is 284 g/mol. The van der Waals surface area contributed by atoms with Crippen LogP contribution in [-0.2, 0) is 0 Å². The predicted octanol–water partition coefficient (Wildman–Crippen LogP) is 4.04. The highest BCUT2D eigenvalue weighted by Crippen LogP contribution is 2.27. The molecule has 2 atom stereocenters. The highest BCUT2D eigenvalue weighted by Gasteiger charge is 2.17. The fourth-order valence-electron chi connectivity index (χ4n) is 3.19. The lowest BCUT2D eigenvalue weighted by Gasteiger charge is -2.18. The summed E-state index contributed by atoms with van der Waals surface area (Å²) in [5.41, 5.74) is 1.12. The van der Waals surface area contributed by atoms with Gasteiger partial charge >= 0.3 is 0 Å². The highest BCUT2D eigenvalue weighted by molar-refractivity contribution is 5.44. The second kappa shape index (κ2) is 6.74. The van der Waals surface area contributed by atoms with Crippen LogP contribution in [0.3, 0.4) is 0 Å². The van der Waals surface area contributed by atoms with E-state index in [-0.39, 0.29) is 0 Å². The van der Waals surface area contributed by atoms with Crippen LogP contribution in [0.2, 0.25) is 0 Å². The molecule has 1 aliphatic rings. The van der Waals surface area contributed by atoms with Gasteiger partial charge in [-0.3, -0.25) is 4.57 Å². The molecular weight excluding hydrogens is 260 g/mol. The molecule has 0 aliphatic heterocycles. The minimum absolute atomic E-state index is 0.599. The first-order valence-electron chi connectivity index (χ1n) is 8.06. The SMILES string of the molecule is CCC1CCCC(Nc2ccc(-n3ccnc3)nc2)CC1. The molecule has 3 rings (SSSR count). The van der Waals surface area contributed by atoms with Crippen LogP contribution >= 0.6 is 0 Å². The Morgan fingerprint density at radius 2 is 2.19 bits per heavy atom. The molecule has 112 valence electrons. The molecule has 21 heavy (non-hydrogen) atoms. The van der Waals surface area contributed by atoms with E-state index in [9.17, 15) is 0 Å². The smallest absolute Gasteiger partial charge is 0.137 e. The van der Waals surface area contributed by atoms with Gasteiger partial charge in [0, 0.05) is 18.4 Å². The number of aromatic nitrogens is 3. The number of nitrogens with zero attached hydrogens (tertiary/aromatic N) is 3. The van der Waals surface area contributed by atoms with Gasteiger partial charge in [0.15, 0.2) is 0 Å². The van der Waals surface area contributed by atoms with E-state index in [1.165, 1.54) is 38.5 Å². The molecule has 0 aromatic carbocycles. The first kappa shape index (κ1) is 14.1. The van der Waals surface area contributed by atoms with E-state index < -0.39 is 0 Å². The molecular formula is C17H24N4. The van der Waals surface area contributed by atoms with Gasteiger partial charge in [-0.05, 0) is 37.3 Å². The van der Waals surface area contributed by atoms with Crippen LogP contribution in [0.4, 0.5) is 5.69 Å². The maximum Gasteiger partial charge on any atom is 0.137 e. The summed E-state index contributed by atoms with van der Waals surface area (Å²) in [6.07, 6.45) is 15.4. The zero-order valence-corrected chi connectivity index (χ0v) is 12.7. The van der Waals surface area contributed by atoms with Gasteiger partial charge in [0.2, 0.25) is 0 Å². The number of rotatable bonds is 4. The van der Waals surface area contributed by atoms with Crippen molar-refractivity contribution < 1.29 is 0 Å². The molecule has 0 radical (unpaired) electrons. The zero-order chi connectivity index (χ0) is 14.5. The van der Waals surface area contributed by atoms with Crippen LogP contribution in [0, 0.1) is 5.92 Å². The Morgan fingerprint density at radius 1 is 1.24 bits per heavy atom. The maximum absolute atomic E-state index is 4.50. The Hall–Kier alpha value is -1.84. The van der Waals surface area contributed by atoms with Gasteiger partial charge in [-0.1, -0.05) is 26.2 Å². The summed E-state index contributed by atoms with van der Waals surface area (Å²) >= 11 is 0. The third-order valence-electron chi connectivity index (χ3n) is 4.55. The number of hydrogen-bond donors (Lipinski definition) is 1. The Bertz CT molecular complexity index is 532. The molecule has 0 bridgehead atoms. The summed E-state index contributed by atoms with van der Waals surface area (Å²) in [7, 11) is 0. The lowest BCUT2D eigenvalue weighted by Crippen LogP contribution is -2.18. The minimum Gasteiger partial charge on any atom is -0.381 e. The van der Waals surface area contributed by atoms with Gasteiger partial charge in [0.1, 0.15) is 12.1 Å². The number of nitrogens with one attached hydrogen (secondary N) is 1. The van der Waals surface area contributed by atoms with E-state index in [4.69, 9.17) is 0 Å². The molecule has 0 amide bonds. The fraction of sp³-hybridized carbons (Fsp3) is 0.529. The number of pyridine rings is 1.